The molecule has 1 aliphatic rings. The third kappa shape index (κ3) is 9.62. The van der Waals surface area contributed by atoms with Crippen LogP contribution < -0.4 is 0 Å². The largest absolute Gasteiger partial charge is 0.375 e. The van der Waals surface area contributed by atoms with Gasteiger partial charge in [-0.2, -0.15) is 0 Å². The average molecular weight is 754 g/mol. The van der Waals surface area contributed by atoms with Gasteiger partial charge in [0, 0.05) is 17.0 Å². The summed E-state index contributed by atoms with van der Waals surface area (Å²) in [5, 5.41) is 0. The molecular weight excluding hydrogens is 709 g/mol. The van der Waals surface area contributed by atoms with Crippen LogP contribution in [0.4, 0.5) is 0 Å². The number of alkyl halides is 1. The maximum Gasteiger partial charge on any atom is 0.113 e. The smallest absolute Gasteiger partial charge is 0.113 e. The quantitative estimate of drug-likeness (QED) is 0.0746. The van der Waals surface area contributed by atoms with E-state index in [0.717, 1.165) is 33.2 Å². The Balaban J connectivity index is 1.37. The standard InChI is InChI=1S/C42H44INO4/c43-26-38-40(46-29-35-20-10-3-11-21-35)42(48-31-37-24-14-5-15-25-37)41(47-30-36-22-12-4-13-23-36)39(32-45-28-34-18-8-2-9-19-34)44(38)27-33-16-6-1-7-17-33/h1-25,38-42H,26-32H2/t38-,39?,40?,41-,42?/m1/s1. The van der Waals surface area contributed by atoms with Crippen LogP contribution in [-0.4, -0.2) is 46.3 Å². The third-order valence-electron chi connectivity index (χ3n) is 8.88. The molecule has 5 atom stereocenters. The first-order chi connectivity index (χ1) is 23.8. The zero-order chi connectivity index (χ0) is 32.8. The predicted molar refractivity (Wildman–Crippen MR) is 200 cm³/mol. The van der Waals surface area contributed by atoms with Crippen LogP contribution in [-0.2, 0) is 51.9 Å². The predicted octanol–water partition coefficient (Wildman–Crippen LogP) is 8.65. The molecule has 1 fully saturated rings. The summed E-state index contributed by atoms with van der Waals surface area (Å²) in [5.74, 6) is 0. The highest BCUT2D eigenvalue weighted by Crippen LogP contribution is 2.35. The summed E-state index contributed by atoms with van der Waals surface area (Å²) in [6.45, 7) is 3.18. The molecule has 1 heterocycles. The second-order valence-corrected chi connectivity index (χ2v) is 13.1. The van der Waals surface area contributed by atoms with Gasteiger partial charge in [0.1, 0.15) is 18.3 Å². The second kappa shape index (κ2) is 18.4. The van der Waals surface area contributed by atoms with Gasteiger partial charge in [0.25, 0.3) is 0 Å². The van der Waals surface area contributed by atoms with Crippen molar-refractivity contribution in [2.24, 2.45) is 0 Å². The van der Waals surface area contributed by atoms with Gasteiger partial charge in [-0.3, -0.25) is 4.90 Å². The van der Waals surface area contributed by atoms with Gasteiger partial charge in [0.05, 0.1) is 39.1 Å². The molecule has 0 aromatic heterocycles. The molecule has 3 unspecified atom stereocenters. The van der Waals surface area contributed by atoms with E-state index in [4.69, 9.17) is 18.9 Å². The number of hydrogen-bond donors (Lipinski definition) is 0. The molecule has 6 rings (SSSR count). The molecule has 248 valence electrons. The lowest BCUT2D eigenvalue weighted by Crippen LogP contribution is -2.69. The van der Waals surface area contributed by atoms with Gasteiger partial charge < -0.3 is 18.9 Å². The van der Waals surface area contributed by atoms with E-state index in [1.165, 1.54) is 5.56 Å². The number of hydrogen-bond acceptors (Lipinski definition) is 5. The van der Waals surface area contributed by atoms with Gasteiger partial charge in [-0.15, -0.1) is 0 Å². The third-order valence-corrected chi connectivity index (χ3v) is 9.78. The molecule has 0 N–H and O–H groups in total. The van der Waals surface area contributed by atoms with Crippen molar-refractivity contribution < 1.29 is 18.9 Å². The van der Waals surface area contributed by atoms with Crippen molar-refractivity contribution in [1.82, 2.24) is 4.90 Å². The molecule has 1 saturated heterocycles. The van der Waals surface area contributed by atoms with Gasteiger partial charge in [-0.05, 0) is 27.8 Å². The molecule has 5 aromatic rings. The topological polar surface area (TPSA) is 40.2 Å². The Kier molecular flexibility index (Phi) is 13.2. The number of likely N-dealkylation sites (tertiary alicyclic amines) is 1. The number of benzene rings is 5. The van der Waals surface area contributed by atoms with Crippen LogP contribution in [0.5, 0.6) is 0 Å². The Hall–Kier alpha value is -3.37. The Labute approximate surface area is 299 Å². The number of piperidine rings is 1. The average Bonchev–Trinajstić information content (AvgIpc) is 3.15. The molecule has 0 saturated carbocycles. The van der Waals surface area contributed by atoms with Crippen LogP contribution >= 0.6 is 22.6 Å². The Morgan fingerprint density at radius 2 is 0.771 bits per heavy atom. The van der Waals surface area contributed by atoms with E-state index in [1.54, 1.807) is 0 Å². The first-order valence-corrected chi connectivity index (χ1v) is 18.2. The molecule has 48 heavy (non-hydrogen) atoms. The molecule has 0 spiro atoms. The van der Waals surface area contributed by atoms with Gasteiger partial charge in [0.15, 0.2) is 0 Å². The number of halogens is 1. The van der Waals surface area contributed by atoms with Crippen molar-refractivity contribution in [2.45, 2.75) is 63.4 Å². The monoisotopic (exact) mass is 753 g/mol. The van der Waals surface area contributed by atoms with Gasteiger partial charge in [0.2, 0.25) is 0 Å². The molecule has 0 bridgehead atoms. The van der Waals surface area contributed by atoms with Crippen LogP contribution in [0.25, 0.3) is 0 Å². The summed E-state index contributed by atoms with van der Waals surface area (Å²) >= 11 is 2.52. The van der Waals surface area contributed by atoms with Crippen LogP contribution in [0.1, 0.15) is 27.8 Å². The van der Waals surface area contributed by atoms with Gasteiger partial charge in [-0.25, -0.2) is 0 Å². The number of rotatable bonds is 16. The maximum atomic E-state index is 7.00. The Morgan fingerprint density at radius 1 is 0.417 bits per heavy atom. The first kappa shape index (κ1) is 34.5. The molecule has 5 aromatic carbocycles. The lowest BCUT2D eigenvalue weighted by Gasteiger charge is -2.52. The van der Waals surface area contributed by atoms with Crippen molar-refractivity contribution in [3.63, 3.8) is 0 Å². The van der Waals surface area contributed by atoms with E-state index < -0.39 is 0 Å². The summed E-state index contributed by atoms with van der Waals surface area (Å²) in [6.07, 6.45) is -0.913. The lowest BCUT2D eigenvalue weighted by atomic mass is 9.87. The van der Waals surface area contributed by atoms with E-state index in [9.17, 15) is 0 Å². The molecule has 0 aliphatic carbocycles. The highest BCUT2D eigenvalue weighted by molar-refractivity contribution is 14.1. The highest BCUT2D eigenvalue weighted by Gasteiger charge is 2.51. The normalized spacial score (nSPS) is 21.2. The van der Waals surface area contributed by atoms with Crippen LogP contribution in [0, 0.1) is 0 Å². The molecule has 1 aliphatic heterocycles. The van der Waals surface area contributed by atoms with Gasteiger partial charge in [-0.1, -0.05) is 174 Å². The molecule has 6 heteroatoms. The van der Waals surface area contributed by atoms with Crippen molar-refractivity contribution in [3.8, 4) is 0 Å². The van der Waals surface area contributed by atoms with Crippen molar-refractivity contribution in [3.05, 3.63) is 179 Å². The molecule has 5 nitrogen and oxygen atoms in total. The summed E-state index contributed by atoms with van der Waals surface area (Å²) in [5.41, 5.74) is 5.77. The molecule has 0 radical (unpaired) electrons. The second-order valence-electron chi connectivity index (χ2n) is 12.2. The fourth-order valence-electron chi connectivity index (χ4n) is 6.42. The SMILES string of the molecule is IC[C@@H]1C(OCc2ccccc2)C(OCc2ccccc2)[C@H](OCc2ccccc2)C(COCc2ccccc2)N1Cc1ccccc1. The van der Waals surface area contributed by atoms with Crippen LogP contribution in [0.3, 0.4) is 0 Å². The summed E-state index contributed by atoms with van der Waals surface area (Å²) in [7, 11) is 0. The highest BCUT2D eigenvalue weighted by atomic mass is 127. The number of nitrogens with zero attached hydrogens (tertiary/aromatic N) is 1. The fourth-order valence-corrected chi connectivity index (χ4v) is 7.42. The minimum Gasteiger partial charge on any atom is -0.375 e. The zero-order valence-corrected chi connectivity index (χ0v) is 29.4. The summed E-state index contributed by atoms with van der Waals surface area (Å²) in [6, 6.07) is 52.2. The van der Waals surface area contributed by atoms with Crippen molar-refractivity contribution in [2.75, 3.05) is 11.0 Å². The molecule has 0 amide bonds. The van der Waals surface area contributed by atoms with Gasteiger partial charge >= 0.3 is 0 Å². The van der Waals surface area contributed by atoms with E-state index in [2.05, 4.69) is 155 Å². The van der Waals surface area contributed by atoms with E-state index in [1.807, 2.05) is 24.3 Å². The minimum absolute atomic E-state index is 0.0530. The van der Waals surface area contributed by atoms with Crippen LogP contribution in [0.15, 0.2) is 152 Å². The Morgan fingerprint density at radius 3 is 1.19 bits per heavy atom. The van der Waals surface area contributed by atoms with E-state index >= 15 is 0 Å². The van der Waals surface area contributed by atoms with E-state index in [-0.39, 0.29) is 30.4 Å². The summed E-state index contributed by atoms with van der Waals surface area (Å²) in [4.78, 5) is 2.56. The lowest BCUT2D eigenvalue weighted by molar-refractivity contribution is -0.227. The fraction of sp³-hybridized carbons (Fsp3) is 0.286. The Bertz CT molecular complexity index is 1590. The number of ether oxygens (including phenoxy) is 4. The van der Waals surface area contributed by atoms with Crippen LogP contribution in [0.2, 0.25) is 0 Å². The minimum atomic E-state index is -0.338. The van der Waals surface area contributed by atoms with Crippen molar-refractivity contribution >= 4 is 22.6 Å². The molecular formula is C42H44INO4. The van der Waals surface area contributed by atoms with E-state index in [0.29, 0.717) is 33.0 Å². The first-order valence-electron chi connectivity index (χ1n) is 16.7. The summed E-state index contributed by atoms with van der Waals surface area (Å²) < 4.78 is 28.3. The maximum absolute atomic E-state index is 7.00. The van der Waals surface area contributed by atoms with Crippen molar-refractivity contribution in [1.29, 1.82) is 0 Å². The zero-order valence-electron chi connectivity index (χ0n) is 27.2.